The molecule has 33 heavy (non-hydrogen) atoms. The lowest BCUT2D eigenvalue weighted by atomic mass is 10.2. The molecule has 0 fully saturated rings. The van der Waals surface area contributed by atoms with Crippen LogP contribution < -0.4 is 9.47 Å². The normalized spacial score (nSPS) is 11.0. The number of para-hydroxylation sites is 2. The van der Waals surface area contributed by atoms with Crippen LogP contribution in [0.1, 0.15) is 55.3 Å². The first-order chi connectivity index (χ1) is 15.6. The molecule has 0 aliphatic rings. The highest BCUT2D eigenvalue weighted by atomic mass is 16.6. The molecule has 178 valence electrons. The Kier molecular flexibility index (Phi) is 11.3. The Morgan fingerprint density at radius 2 is 1.24 bits per heavy atom. The van der Waals surface area contributed by atoms with Crippen molar-refractivity contribution in [2.24, 2.45) is 0 Å². The van der Waals surface area contributed by atoms with Gasteiger partial charge in [-0.3, -0.25) is 14.5 Å². The lowest BCUT2D eigenvalue weighted by Gasteiger charge is -2.26. The Morgan fingerprint density at radius 1 is 0.818 bits per heavy atom. The van der Waals surface area contributed by atoms with E-state index in [4.69, 9.17) is 14.6 Å². The smallest absolute Gasteiger partial charge is 0.343 e. The van der Waals surface area contributed by atoms with Crippen LogP contribution in [0, 0.1) is 0 Å². The van der Waals surface area contributed by atoms with E-state index in [-0.39, 0.29) is 28.9 Å². The number of rotatable bonds is 8. The second-order valence-corrected chi connectivity index (χ2v) is 6.71. The third kappa shape index (κ3) is 9.12. The van der Waals surface area contributed by atoms with Gasteiger partial charge >= 0.3 is 23.9 Å². The Bertz CT molecular complexity index is 968. The standard InChI is InChI=1S/C15H21NO4.C9H8O4/c1-5-16(6-2)11(3)19-15(18)13-9-7-8-10-14(13)20-12(4)17;1-6(10)13-8-5-3-2-4-7(8)9(11)12/h7-11H,5-6H2,1-4H3;2-5H,1H3,(H,11,12). The van der Waals surface area contributed by atoms with E-state index in [0.29, 0.717) is 0 Å². The summed E-state index contributed by atoms with van der Waals surface area (Å²) in [6, 6.07) is 12.5. The van der Waals surface area contributed by atoms with E-state index in [0.717, 1.165) is 13.1 Å². The van der Waals surface area contributed by atoms with Gasteiger partial charge in [-0.2, -0.15) is 0 Å². The highest BCUT2D eigenvalue weighted by Gasteiger charge is 2.20. The minimum Gasteiger partial charge on any atom is -0.478 e. The van der Waals surface area contributed by atoms with Crippen LogP contribution in [0.2, 0.25) is 0 Å². The second-order valence-electron chi connectivity index (χ2n) is 6.71. The summed E-state index contributed by atoms with van der Waals surface area (Å²) in [5, 5.41) is 8.69. The lowest BCUT2D eigenvalue weighted by Crippen LogP contribution is -2.36. The molecular formula is C24H29NO8. The SMILES string of the molecule is CC(=O)Oc1ccccc1C(=O)O.CCN(CC)C(C)OC(=O)c1ccccc1OC(C)=O. The molecule has 0 saturated carbocycles. The molecule has 0 heterocycles. The number of benzene rings is 2. The maximum Gasteiger partial charge on any atom is 0.343 e. The van der Waals surface area contributed by atoms with E-state index >= 15 is 0 Å². The van der Waals surface area contributed by atoms with Crippen LogP contribution in [-0.4, -0.2) is 53.2 Å². The molecule has 2 aromatic rings. The molecule has 2 rings (SSSR count). The molecule has 2 aromatic carbocycles. The van der Waals surface area contributed by atoms with Crippen molar-refractivity contribution >= 4 is 23.9 Å². The highest BCUT2D eigenvalue weighted by Crippen LogP contribution is 2.20. The summed E-state index contributed by atoms with van der Waals surface area (Å²) in [6.07, 6.45) is -0.331. The van der Waals surface area contributed by atoms with Gasteiger partial charge < -0.3 is 19.3 Å². The van der Waals surface area contributed by atoms with Gasteiger partial charge in [-0.05, 0) is 44.3 Å². The summed E-state index contributed by atoms with van der Waals surface area (Å²) in [7, 11) is 0. The van der Waals surface area contributed by atoms with Gasteiger partial charge in [0.1, 0.15) is 22.6 Å². The highest BCUT2D eigenvalue weighted by molar-refractivity contribution is 5.93. The van der Waals surface area contributed by atoms with Crippen LogP contribution in [0.5, 0.6) is 11.5 Å². The van der Waals surface area contributed by atoms with Gasteiger partial charge in [0.15, 0.2) is 6.23 Å². The van der Waals surface area contributed by atoms with E-state index < -0.39 is 23.9 Å². The van der Waals surface area contributed by atoms with Gasteiger partial charge in [-0.25, -0.2) is 9.59 Å². The first-order valence-corrected chi connectivity index (χ1v) is 10.3. The molecule has 0 bridgehead atoms. The third-order valence-corrected chi connectivity index (χ3v) is 4.34. The monoisotopic (exact) mass is 459 g/mol. The first-order valence-electron chi connectivity index (χ1n) is 10.3. The number of esters is 3. The number of carbonyl (C=O) groups excluding carboxylic acids is 3. The fourth-order valence-corrected chi connectivity index (χ4v) is 2.80. The maximum atomic E-state index is 12.2. The zero-order valence-corrected chi connectivity index (χ0v) is 19.4. The van der Waals surface area contributed by atoms with Gasteiger partial charge in [-0.1, -0.05) is 38.1 Å². The topological polar surface area (TPSA) is 119 Å². The number of hydrogen-bond donors (Lipinski definition) is 1. The van der Waals surface area contributed by atoms with Crippen molar-refractivity contribution in [1.29, 1.82) is 0 Å². The van der Waals surface area contributed by atoms with Crippen LogP contribution in [0.25, 0.3) is 0 Å². The van der Waals surface area contributed by atoms with Crippen molar-refractivity contribution in [1.82, 2.24) is 4.90 Å². The molecule has 0 saturated heterocycles. The number of carbonyl (C=O) groups is 4. The molecule has 1 N–H and O–H groups in total. The van der Waals surface area contributed by atoms with E-state index in [1.54, 1.807) is 36.4 Å². The molecule has 0 radical (unpaired) electrons. The molecular weight excluding hydrogens is 430 g/mol. The minimum atomic E-state index is -1.11. The van der Waals surface area contributed by atoms with Crippen molar-refractivity contribution in [2.75, 3.05) is 13.1 Å². The summed E-state index contributed by atoms with van der Waals surface area (Å²) in [5.41, 5.74) is 0.236. The number of carboxylic acids is 1. The Morgan fingerprint density at radius 3 is 1.67 bits per heavy atom. The van der Waals surface area contributed by atoms with Gasteiger partial charge in [0, 0.05) is 13.8 Å². The summed E-state index contributed by atoms with van der Waals surface area (Å²) in [6.45, 7) is 9.91. The van der Waals surface area contributed by atoms with E-state index in [2.05, 4.69) is 4.74 Å². The summed E-state index contributed by atoms with van der Waals surface area (Å²) in [5.74, 6) is -2.33. The van der Waals surface area contributed by atoms with Crippen LogP contribution in [-0.2, 0) is 14.3 Å². The average molecular weight is 459 g/mol. The molecule has 0 aromatic heterocycles. The van der Waals surface area contributed by atoms with Crippen molar-refractivity contribution in [3.05, 3.63) is 59.7 Å². The van der Waals surface area contributed by atoms with Gasteiger partial charge in [0.05, 0.1) is 0 Å². The zero-order chi connectivity index (χ0) is 25.0. The first kappa shape index (κ1) is 27.3. The molecule has 0 spiro atoms. The zero-order valence-electron chi connectivity index (χ0n) is 19.4. The quantitative estimate of drug-likeness (QED) is 0.357. The Balaban J connectivity index is 0.000000361. The van der Waals surface area contributed by atoms with Crippen LogP contribution in [0.4, 0.5) is 0 Å². The molecule has 1 atom stereocenters. The number of carboxylic acid groups (broad SMARTS) is 1. The summed E-state index contributed by atoms with van der Waals surface area (Å²) in [4.78, 5) is 46.4. The fourth-order valence-electron chi connectivity index (χ4n) is 2.80. The van der Waals surface area contributed by atoms with Crippen molar-refractivity contribution in [2.45, 2.75) is 40.8 Å². The van der Waals surface area contributed by atoms with Crippen LogP contribution in [0.3, 0.4) is 0 Å². The van der Waals surface area contributed by atoms with Gasteiger partial charge in [0.2, 0.25) is 0 Å². The van der Waals surface area contributed by atoms with Crippen LogP contribution in [0.15, 0.2) is 48.5 Å². The van der Waals surface area contributed by atoms with Crippen molar-refractivity contribution in [3.63, 3.8) is 0 Å². The Hall–Kier alpha value is -3.72. The molecule has 9 heteroatoms. The predicted octanol–water partition coefficient (Wildman–Crippen LogP) is 3.77. The molecule has 0 aliphatic carbocycles. The number of nitrogens with zero attached hydrogens (tertiary/aromatic N) is 1. The number of ether oxygens (including phenoxy) is 3. The van der Waals surface area contributed by atoms with Gasteiger partial charge in [0.25, 0.3) is 0 Å². The second kappa shape index (κ2) is 13.6. The minimum absolute atomic E-state index is 0.0160. The van der Waals surface area contributed by atoms with E-state index in [1.165, 1.54) is 26.0 Å². The van der Waals surface area contributed by atoms with Crippen molar-refractivity contribution in [3.8, 4) is 11.5 Å². The molecule has 0 aliphatic heterocycles. The van der Waals surface area contributed by atoms with Crippen molar-refractivity contribution < 1.29 is 38.5 Å². The lowest BCUT2D eigenvalue weighted by molar-refractivity contribution is -0.132. The maximum absolute atomic E-state index is 12.2. The fraction of sp³-hybridized carbons (Fsp3) is 0.333. The largest absolute Gasteiger partial charge is 0.478 e. The Labute approximate surface area is 192 Å². The van der Waals surface area contributed by atoms with Gasteiger partial charge in [-0.15, -0.1) is 0 Å². The molecule has 0 amide bonds. The van der Waals surface area contributed by atoms with Crippen LogP contribution >= 0.6 is 0 Å². The number of hydrogen-bond acceptors (Lipinski definition) is 8. The molecule has 1 unspecified atom stereocenters. The number of aromatic carboxylic acids is 1. The summed E-state index contributed by atoms with van der Waals surface area (Å²) >= 11 is 0. The predicted molar refractivity (Wildman–Crippen MR) is 120 cm³/mol. The van der Waals surface area contributed by atoms with E-state index in [1.807, 2.05) is 25.7 Å². The molecule has 9 nitrogen and oxygen atoms in total. The van der Waals surface area contributed by atoms with E-state index in [9.17, 15) is 19.2 Å². The average Bonchev–Trinajstić information content (AvgIpc) is 2.74. The summed E-state index contributed by atoms with van der Waals surface area (Å²) < 4.78 is 15.1. The third-order valence-electron chi connectivity index (χ3n) is 4.34.